The molecular weight excluding hydrogens is 307 g/mol. The van der Waals surface area contributed by atoms with E-state index < -0.39 is 11.7 Å². The van der Waals surface area contributed by atoms with E-state index >= 15 is 0 Å². The topological polar surface area (TPSA) is 58.2 Å². The fourth-order valence-electron chi connectivity index (χ4n) is 2.66. The highest BCUT2D eigenvalue weighted by atomic mass is 19.1. The molecule has 1 fully saturated rings. The molecule has 1 aliphatic rings. The van der Waals surface area contributed by atoms with Crippen molar-refractivity contribution in [1.82, 2.24) is 0 Å². The monoisotopic (exact) mass is 326 g/mol. The van der Waals surface area contributed by atoms with Crippen molar-refractivity contribution in [3.05, 3.63) is 59.4 Å². The van der Waals surface area contributed by atoms with Gasteiger partial charge in [-0.25, -0.2) is 4.39 Å². The van der Waals surface area contributed by atoms with E-state index in [2.05, 4.69) is 10.6 Å². The molecular formula is C19H19FN2O2. The third-order valence-corrected chi connectivity index (χ3v) is 4.25. The van der Waals surface area contributed by atoms with Crippen molar-refractivity contribution >= 4 is 23.2 Å². The maximum atomic E-state index is 13.6. The summed E-state index contributed by atoms with van der Waals surface area (Å²) in [6.07, 6.45) is 0.483. The zero-order valence-electron chi connectivity index (χ0n) is 13.6. The Hall–Kier alpha value is -2.69. The van der Waals surface area contributed by atoms with Gasteiger partial charge in [-0.3, -0.25) is 9.59 Å². The van der Waals surface area contributed by atoms with Crippen LogP contribution in [0.5, 0.6) is 0 Å². The van der Waals surface area contributed by atoms with E-state index in [-0.39, 0.29) is 23.4 Å². The van der Waals surface area contributed by atoms with Gasteiger partial charge in [-0.1, -0.05) is 24.3 Å². The lowest BCUT2D eigenvalue weighted by Crippen LogP contribution is -2.21. The summed E-state index contributed by atoms with van der Waals surface area (Å²) in [6.45, 7) is 3.88. The minimum Gasteiger partial charge on any atom is -0.326 e. The molecule has 1 aliphatic carbocycles. The number of aryl methyl sites for hydroxylation is 2. The maximum absolute atomic E-state index is 13.6. The van der Waals surface area contributed by atoms with Gasteiger partial charge in [0.2, 0.25) is 11.8 Å². The number of halogens is 1. The molecule has 0 heterocycles. The van der Waals surface area contributed by atoms with Crippen LogP contribution in [0.1, 0.15) is 17.5 Å². The number of carbonyl (C=O) groups is 2. The SMILES string of the molecule is Cc1ccc(C)c(NC(=O)C2CC2C(=O)Nc2ccccc2F)c1. The first-order valence-corrected chi connectivity index (χ1v) is 7.89. The van der Waals surface area contributed by atoms with E-state index in [0.717, 1.165) is 16.8 Å². The molecule has 124 valence electrons. The Labute approximate surface area is 140 Å². The molecule has 2 N–H and O–H groups in total. The Kier molecular flexibility index (Phi) is 4.34. The Morgan fingerprint density at radius 2 is 1.58 bits per heavy atom. The summed E-state index contributed by atoms with van der Waals surface area (Å²) < 4.78 is 13.6. The number of nitrogens with one attached hydrogen (secondary N) is 2. The first-order chi connectivity index (χ1) is 11.5. The third-order valence-electron chi connectivity index (χ3n) is 4.25. The van der Waals surface area contributed by atoms with Gasteiger partial charge in [-0.2, -0.15) is 0 Å². The number of benzene rings is 2. The Balaban J connectivity index is 1.60. The summed E-state index contributed by atoms with van der Waals surface area (Å²) in [5, 5.41) is 5.43. The van der Waals surface area contributed by atoms with Crippen molar-refractivity contribution in [2.24, 2.45) is 11.8 Å². The summed E-state index contributed by atoms with van der Waals surface area (Å²) >= 11 is 0. The molecule has 0 spiro atoms. The highest BCUT2D eigenvalue weighted by molar-refractivity contribution is 6.03. The zero-order valence-corrected chi connectivity index (χ0v) is 13.6. The molecule has 0 saturated heterocycles. The second-order valence-corrected chi connectivity index (χ2v) is 6.23. The van der Waals surface area contributed by atoms with E-state index in [9.17, 15) is 14.0 Å². The van der Waals surface area contributed by atoms with E-state index in [0.29, 0.717) is 6.42 Å². The summed E-state index contributed by atoms with van der Waals surface area (Å²) in [7, 11) is 0. The molecule has 0 aliphatic heterocycles. The molecule has 2 aromatic rings. The lowest BCUT2D eigenvalue weighted by Gasteiger charge is -2.09. The molecule has 1 saturated carbocycles. The first-order valence-electron chi connectivity index (χ1n) is 7.89. The van der Waals surface area contributed by atoms with Crippen LogP contribution in [0.15, 0.2) is 42.5 Å². The number of hydrogen-bond acceptors (Lipinski definition) is 2. The van der Waals surface area contributed by atoms with E-state index in [1.165, 1.54) is 12.1 Å². The van der Waals surface area contributed by atoms with Crippen LogP contribution in [0.2, 0.25) is 0 Å². The van der Waals surface area contributed by atoms with Gasteiger partial charge < -0.3 is 10.6 Å². The van der Waals surface area contributed by atoms with Crippen molar-refractivity contribution in [2.45, 2.75) is 20.3 Å². The smallest absolute Gasteiger partial charge is 0.228 e. The predicted molar refractivity (Wildman–Crippen MR) is 91.2 cm³/mol. The number of hydrogen-bond donors (Lipinski definition) is 2. The van der Waals surface area contributed by atoms with Crippen LogP contribution in [0, 0.1) is 31.5 Å². The van der Waals surface area contributed by atoms with Crippen molar-refractivity contribution in [2.75, 3.05) is 10.6 Å². The molecule has 0 radical (unpaired) electrons. The molecule has 0 aromatic heterocycles. The number of carbonyl (C=O) groups excluding carboxylic acids is 2. The van der Waals surface area contributed by atoms with Gasteiger partial charge in [0.05, 0.1) is 17.5 Å². The largest absolute Gasteiger partial charge is 0.326 e. The van der Waals surface area contributed by atoms with Gasteiger partial charge >= 0.3 is 0 Å². The normalized spacial score (nSPS) is 18.8. The minimum absolute atomic E-state index is 0.142. The lowest BCUT2D eigenvalue weighted by molar-refractivity contribution is -0.122. The molecule has 2 unspecified atom stereocenters. The molecule has 5 heteroatoms. The molecule has 2 atom stereocenters. The van der Waals surface area contributed by atoms with Crippen molar-refractivity contribution in [1.29, 1.82) is 0 Å². The van der Waals surface area contributed by atoms with Crippen LogP contribution in [0.3, 0.4) is 0 Å². The highest BCUT2D eigenvalue weighted by Gasteiger charge is 2.48. The van der Waals surface area contributed by atoms with E-state index in [1.807, 2.05) is 32.0 Å². The standard InChI is InChI=1S/C19H19FN2O2/c1-11-7-8-12(2)17(9-11)22-19(24)14-10-13(14)18(23)21-16-6-4-3-5-15(16)20/h3-9,13-14H,10H2,1-2H3,(H,21,23)(H,22,24). The van der Waals surface area contributed by atoms with E-state index in [4.69, 9.17) is 0 Å². The second kappa shape index (κ2) is 6.43. The van der Waals surface area contributed by atoms with Crippen LogP contribution >= 0.6 is 0 Å². The fraction of sp³-hybridized carbons (Fsp3) is 0.263. The Morgan fingerprint density at radius 1 is 0.958 bits per heavy atom. The van der Waals surface area contributed by atoms with Gasteiger partial charge in [-0.15, -0.1) is 0 Å². The number of rotatable bonds is 4. The summed E-state index contributed by atoms with van der Waals surface area (Å²) in [5.74, 6) is -1.74. The van der Waals surface area contributed by atoms with Crippen molar-refractivity contribution in [3.63, 3.8) is 0 Å². The number of para-hydroxylation sites is 1. The van der Waals surface area contributed by atoms with Gasteiger partial charge in [0, 0.05) is 5.69 Å². The molecule has 0 bridgehead atoms. The average Bonchev–Trinajstić information content (AvgIpc) is 3.34. The van der Waals surface area contributed by atoms with Crippen LogP contribution in [-0.2, 0) is 9.59 Å². The maximum Gasteiger partial charge on any atom is 0.228 e. The third kappa shape index (κ3) is 3.45. The summed E-state index contributed by atoms with van der Waals surface area (Å²) in [6, 6.07) is 11.8. The van der Waals surface area contributed by atoms with Crippen molar-refractivity contribution < 1.29 is 14.0 Å². The zero-order chi connectivity index (χ0) is 17.3. The van der Waals surface area contributed by atoms with Crippen LogP contribution < -0.4 is 10.6 Å². The van der Waals surface area contributed by atoms with Crippen LogP contribution in [0.25, 0.3) is 0 Å². The van der Waals surface area contributed by atoms with Crippen LogP contribution in [0.4, 0.5) is 15.8 Å². The summed E-state index contributed by atoms with van der Waals surface area (Å²) in [4.78, 5) is 24.5. The molecule has 2 aromatic carbocycles. The van der Waals surface area contributed by atoms with Gasteiger partial charge in [-0.05, 0) is 49.6 Å². The van der Waals surface area contributed by atoms with Gasteiger partial charge in [0.25, 0.3) is 0 Å². The van der Waals surface area contributed by atoms with Gasteiger partial charge in [0.1, 0.15) is 5.82 Å². The van der Waals surface area contributed by atoms with Crippen molar-refractivity contribution in [3.8, 4) is 0 Å². The molecule has 2 amide bonds. The Bertz CT molecular complexity index is 804. The quantitative estimate of drug-likeness (QED) is 0.901. The first kappa shape index (κ1) is 16.2. The lowest BCUT2D eigenvalue weighted by atomic mass is 10.1. The Morgan fingerprint density at radius 3 is 2.25 bits per heavy atom. The molecule has 3 rings (SSSR count). The summed E-state index contributed by atoms with van der Waals surface area (Å²) in [5.41, 5.74) is 2.94. The predicted octanol–water partition coefficient (Wildman–Crippen LogP) is 3.66. The van der Waals surface area contributed by atoms with E-state index in [1.54, 1.807) is 12.1 Å². The number of amides is 2. The van der Waals surface area contributed by atoms with Crippen LogP contribution in [-0.4, -0.2) is 11.8 Å². The molecule has 4 nitrogen and oxygen atoms in total. The minimum atomic E-state index is -0.483. The molecule has 24 heavy (non-hydrogen) atoms. The number of anilines is 2. The highest BCUT2D eigenvalue weighted by Crippen LogP contribution is 2.40. The fourth-order valence-corrected chi connectivity index (χ4v) is 2.66. The van der Waals surface area contributed by atoms with Gasteiger partial charge in [0.15, 0.2) is 0 Å². The average molecular weight is 326 g/mol. The second-order valence-electron chi connectivity index (χ2n) is 6.23.